The molecule has 1 aromatic carbocycles. The van der Waals surface area contributed by atoms with Crippen molar-refractivity contribution in [2.24, 2.45) is 5.73 Å². The number of hydrogen-bond acceptors (Lipinski definition) is 9. The number of nitrogens with zero attached hydrogens (tertiary/aromatic N) is 6. The molecule has 1 fully saturated rings. The summed E-state index contributed by atoms with van der Waals surface area (Å²) < 4.78 is 6.09. The van der Waals surface area contributed by atoms with Crippen LogP contribution in [0.5, 0.6) is 0 Å². The number of pyridine rings is 2. The van der Waals surface area contributed by atoms with Gasteiger partial charge in [-0.1, -0.05) is 30.3 Å². The molecule has 2 atom stereocenters. The highest BCUT2D eigenvalue weighted by atomic mass is 32.1. The molecule has 4 aromatic heterocycles. The molecule has 10 heteroatoms. The van der Waals surface area contributed by atoms with E-state index in [1.165, 1.54) is 0 Å². The SMILES string of the molecule is Cc1csc(C2CCCN2C(=O)c2cc(-c3cccnc3)nc(-c3nnc(C(C)(N)Cc4ccccc4)o3)c2)n1. The summed E-state index contributed by atoms with van der Waals surface area (Å²) in [7, 11) is 0. The van der Waals surface area contributed by atoms with Gasteiger partial charge in [-0.15, -0.1) is 21.5 Å². The molecule has 1 saturated heterocycles. The first-order valence-corrected chi connectivity index (χ1v) is 14.1. The van der Waals surface area contributed by atoms with Crippen LogP contribution in [0.25, 0.3) is 22.8 Å². The van der Waals surface area contributed by atoms with Gasteiger partial charge in [0.25, 0.3) is 11.8 Å². The molecule has 0 radical (unpaired) electrons. The molecule has 2 N–H and O–H groups in total. The van der Waals surface area contributed by atoms with Gasteiger partial charge >= 0.3 is 0 Å². The maximum absolute atomic E-state index is 13.9. The first kappa shape index (κ1) is 26.0. The highest BCUT2D eigenvalue weighted by molar-refractivity contribution is 7.09. The Morgan fingerprint density at radius 1 is 1.12 bits per heavy atom. The summed E-state index contributed by atoms with van der Waals surface area (Å²) in [6, 6.07) is 17.1. The third-order valence-corrected chi connectivity index (χ3v) is 8.08. The molecule has 0 saturated carbocycles. The van der Waals surface area contributed by atoms with Crippen LogP contribution < -0.4 is 5.73 Å². The number of carbonyl (C=O) groups is 1. The fraction of sp³-hybridized carbons (Fsp3) is 0.267. The molecular formula is C30H29N7O2S. The van der Waals surface area contributed by atoms with E-state index in [0.717, 1.165) is 34.7 Å². The minimum atomic E-state index is -0.888. The Morgan fingerprint density at radius 3 is 2.70 bits per heavy atom. The van der Waals surface area contributed by atoms with Gasteiger partial charge in [-0.3, -0.25) is 9.78 Å². The molecule has 5 aromatic rings. The summed E-state index contributed by atoms with van der Waals surface area (Å²) in [5, 5.41) is 11.5. The largest absolute Gasteiger partial charge is 0.417 e. The highest BCUT2D eigenvalue weighted by Crippen LogP contribution is 2.36. The molecule has 0 aliphatic carbocycles. The normalized spacial score (nSPS) is 16.7. The van der Waals surface area contributed by atoms with Crippen molar-refractivity contribution in [1.29, 1.82) is 0 Å². The van der Waals surface area contributed by atoms with Gasteiger partial charge in [0.15, 0.2) is 0 Å². The molecule has 9 nitrogen and oxygen atoms in total. The quantitative estimate of drug-likeness (QED) is 0.287. The fourth-order valence-corrected chi connectivity index (χ4v) is 5.98. The van der Waals surface area contributed by atoms with Gasteiger partial charge < -0.3 is 15.1 Å². The molecule has 5 heterocycles. The monoisotopic (exact) mass is 551 g/mol. The second-order valence-corrected chi connectivity index (χ2v) is 11.2. The van der Waals surface area contributed by atoms with E-state index in [4.69, 9.17) is 15.1 Å². The minimum Gasteiger partial charge on any atom is -0.417 e. The number of aromatic nitrogens is 5. The second kappa shape index (κ2) is 10.7. The number of likely N-dealkylation sites (tertiary alicyclic amines) is 1. The molecule has 6 rings (SSSR count). The lowest BCUT2D eigenvalue weighted by Gasteiger charge is -2.23. The molecule has 0 bridgehead atoms. The Bertz CT molecular complexity index is 1630. The standard InChI is InChI=1S/C30H29N7O2S/c1-19-18-40-27(33-19)25-11-7-13-37(25)28(38)22-14-23(21-10-6-12-32-17-21)34-24(15-22)26-35-36-29(39-26)30(2,31)16-20-8-4-3-5-9-20/h3-6,8-10,12,14-15,17-18,25H,7,11,13,16,31H2,1-2H3. The number of amides is 1. The van der Waals surface area contributed by atoms with Crippen LogP contribution in [0.1, 0.15) is 58.3 Å². The minimum absolute atomic E-state index is 0.0457. The Labute approximate surface area is 236 Å². The topological polar surface area (TPSA) is 124 Å². The maximum Gasteiger partial charge on any atom is 0.266 e. The van der Waals surface area contributed by atoms with Crippen molar-refractivity contribution in [2.45, 2.75) is 44.7 Å². The van der Waals surface area contributed by atoms with Gasteiger partial charge in [-0.25, -0.2) is 9.97 Å². The van der Waals surface area contributed by atoms with Crippen LogP contribution in [0.15, 0.2) is 76.8 Å². The molecule has 202 valence electrons. The average Bonchev–Trinajstić information content (AvgIpc) is 3.74. The predicted molar refractivity (Wildman–Crippen MR) is 152 cm³/mol. The van der Waals surface area contributed by atoms with Gasteiger partial charge in [0.1, 0.15) is 10.7 Å². The summed E-state index contributed by atoms with van der Waals surface area (Å²) >= 11 is 1.60. The molecule has 1 amide bonds. The van der Waals surface area contributed by atoms with Crippen LogP contribution in [0, 0.1) is 6.92 Å². The highest BCUT2D eigenvalue weighted by Gasteiger charge is 2.34. The van der Waals surface area contributed by atoms with Crippen LogP contribution in [0.3, 0.4) is 0 Å². The fourth-order valence-electron chi connectivity index (χ4n) is 5.04. The molecule has 2 unspecified atom stereocenters. The Balaban J connectivity index is 1.36. The molecule has 1 aliphatic heterocycles. The molecule has 1 aliphatic rings. The first-order valence-electron chi connectivity index (χ1n) is 13.2. The number of hydrogen-bond donors (Lipinski definition) is 1. The molecular weight excluding hydrogens is 522 g/mol. The van der Waals surface area contributed by atoms with Crippen LogP contribution in [-0.4, -0.2) is 42.5 Å². The summed E-state index contributed by atoms with van der Waals surface area (Å²) in [6.07, 6.45) is 5.74. The summed E-state index contributed by atoms with van der Waals surface area (Å²) in [5.41, 5.74) is 10.0. The lowest BCUT2D eigenvalue weighted by atomic mass is 9.94. The third-order valence-electron chi connectivity index (χ3n) is 7.01. The maximum atomic E-state index is 13.9. The molecule has 40 heavy (non-hydrogen) atoms. The Morgan fingerprint density at radius 2 is 1.95 bits per heavy atom. The van der Waals surface area contributed by atoms with E-state index in [-0.39, 0.29) is 17.8 Å². The van der Waals surface area contributed by atoms with Crippen molar-refractivity contribution in [2.75, 3.05) is 6.54 Å². The second-order valence-electron chi connectivity index (χ2n) is 10.3. The van der Waals surface area contributed by atoms with Crippen LogP contribution >= 0.6 is 11.3 Å². The van der Waals surface area contributed by atoms with Crippen LogP contribution in [0.4, 0.5) is 0 Å². The Kier molecular flexibility index (Phi) is 6.95. The van der Waals surface area contributed by atoms with Crippen molar-refractivity contribution in [3.05, 3.63) is 100 Å². The number of benzene rings is 1. The lowest BCUT2D eigenvalue weighted by Crippen LogP contribution is -2.35. The Hall–Kier alpha value is -4.28. The summed E-state index contributed by atoms with van der Waals surface area (Å²) in [4.78, 5) is 29.5. The van der Waals surface area contributed by atoms with Crippen molar-refractivity contribution < 1.29 is 9.21 Å². The zero-order valence-electron chi connectivity index (χ0n) is 22.3. The van der Waals surface area contributed by atoms with E-state index in [9.17, 15) is 4.79 Å². The predicted octanol–water partition coefficient (Wildman–Crippen LogP) is 5.35. The van der Waals surface area contributed by atoms with E-state index in [1.54, 1.807) is 35.9 Å². The molecule has 0 spiro atoms. The number of nitrogens with two attached hydrogens (primary N) is 1. The van der Waals surface area contributed by atoms with E-state index in [0.29, 0.717) is 35.8 Å². The summed E-state index contributed by atoms with van der Waals surface area (Å²) in [6.45, 7) is 4.50. The number of aryl methyl sites for hydroxylation is 1. The van der Waals surface area contributed by atoms with Gasteiger partial charge in [0.2, 0.25) is 5.89 Å². The van der Waals surface area contributed by atoms with Gasteiger partial charge in [0, 0.05) is 41.1 Å². The van der Waals surface area contributed by atoms with Crippen molar-refractivity contribution in [1.82, 2.24) is 30.0 Å². The van der Waals surface area contributed by atoms with E-state index in [1.807, 2.05) is 66.6 Å². The van der Waals surface area contributed by atoms with Crippen LogP contribution in [0.2, 0.25) is 0 Å². The van der Waals surface area contributed by atoms with E-state index < -0.39 is 5.54 Å². The van der Waals surface area contributed by atoms with Crippen molar-refractivity contribution in [3.8, 4) is 22.8 Å². The first-order chi connectivity index (χ1) is 19.4. The zero-order valence-corrected chi connectivity index (χ0v) is 23.1. The van der Waals surface area contributed by atoms with E-state index in [2.05, 4.69) is 20.2 Å². The number of rotatable bonds is 7. The van der Waals surface area contributed by atoms with Gasteiger partial charge in [-0.2, -0.15) is 0 Å². The van der Waals surface area contributed by atoms with Crippen LogP contribution in [-0.2, 0) is 12.0 Å². The third kappa shape index (κ3) is 5.28. The van der Waals surface area contributed by atoms with Crippen molar-refractivity contribution in [3.63, 3.8) is 0 Å². The number of carbonyl (C=O) groups excluding carboxylic acids is 1. The zero-order chi connectivity index (χ0) is 27.7. The lowest BCUT2D eigenvalue weighted by molar-refractivity contribution is 0.0735. The van der Waals surface area contributed by atoms with Gasteiger partial charge in [-0.05, 0) is 62.9 Å². The average molecular weight is 552 g/mol. The van der Waals surface area contributed by atoms with Crippen molar-refractivity contribution >= 4 is 17.2 Å². The summed E-state index contributed by atoms with van der Waals surface area (Å²) in [5.74, 6) is 0.413. The smallest absolute Gasteiger partial charge is 0.266 e. The number of thiazole rings is 1. The van der Waals surface area contributed by atoms with E-state index >= 15 is 0 Å². The van der Waals surface area contributed by atoms with Gasteiger partial charge in [0.05, 0.1) is 17.3 Å².